The molecule has 0 saturated heterocycles. The van der Waals surface area contributed by atoms with Gasteiger partial charge in [-0.1, -0.05) is 23.2 Å². The highest BCUT2D eigenvalue weighted by atomic mass is 35.5. The summed E-state index contributed by atoms with van der Waals surface area (Å²) in [5, 5.41) is 2.32. The summed E-state index contributed by atoms with van der Waals surface area (Å²) in [6.45, 7) is 1.26. The van der Waals surface area contributed by atoms with E-state index in [4.69, 9.17) is 23.2 Å². The number of nitrogens with one attached hydrogen (secondary N) is 1. The molecule has 152 valence electrons. The van der Waals surface area contributed by atoms with Crippen LogP contribution in [0.15, 0.2) is 42.5 Å². The maximum absolute atomic E-state index is 13.2. The molecule has 11 heteroatoms. The summed E-state index contributed by atoms with van der Waals surface area (Å²) in [4.78, 5) is 12.6. The third-order valence-corrected chi connectivity index (χ3v) is 5.44. The van der Waals surface area contributed by atoms with Gasteiger partial charge in [0.25, 0.3) is 0 Å². The molecule has 0 aliphatic heterocycles. The van der Waals surface area contributed by atoms with Crippen molar-refractivity contribution >= 4 is 50.5 Å². The zero-order valence-corrected chi connectivity index (χ0v) is 16.9. The zero-order chi connectivity index (χ0) is 21.3. The largest absolute Gasteiger partial charge is 0.418 e. The normalized spacial score (nSPS) is 13.1. The second kappa shape index (κ2) is 8.18. The molecule has 5 nitrogen and oxygen atoms in total. The average molecular weight is 455 g/mol. The Bertz CT molecular complexity index is 980. The molecule has 0 radical (unpaired) electrons. The van der Waals surface area contributed by atoms with Crippen molar-refractivity contribution in [3.05, 3.63) is 58.1 Å². The van der Waals surface area contributed by atoms with Crippen LogP contribution in [0.4, 0.5) is 24.5 Å². The van der Waals surface area contributed by atoms with Crippen LogP contribution in [0.25, 0.3) is 0 Å². The highest BCUT2D eigenvalue weighted by Gasteiger charge is 2.35. The van der Waals surface area contributed by atoms with Crippen molar-refractivity contribution in [2.75, 3.05) is 15.9 Å². The fourth-order valence-corrected chi connectivity index (χ4v) is 3.97. The van der Waals surface area contributed by atoms with Gasteiger partial charge in [-0.15, -0.1) is 0 Å². The van der Waals surface area contributed by atoms with E-state index in [-0.39, 0.29) is 10.7 Å². The van der Waals surface area contributed by atoms with Crippen molar-refractivity contribution in [2.24, 2.45) is 0 Å². The van der Waals surface area contributed by atoms with Crippen molar-refractivity contribution in [3.63, 3.8) is 0 Å². The number of benzene rings is 2. The van der Waals surface area contributed by atoms with Crippen LogP contribution in [-0.2, 0) is 21.0 Å². The van der Waals surface area contributed by atoms with Gasteiger partial charge in [-0.3, -0.25) is 9.10 Å². The maximum Gasteiger partial charge on any atom is 0.418 e. The Morgan fingerprint density at radius 2 is 1.61 bits per heavy atom. The van der Waals surface area contributed by atoms with Crippen LogP contribution in [0.3, 0.4) is 0 Å². The van der Waals surface area contributed by atoms with Gasteiger partial charge in [0.1, 0.15) is 6.04 Å². The predicted octanol–water partition coefficient (Wildman–Crippen LogP) is 4.81. The van der Waals surface area contributed by atoms with E-state index in [1.54, 1.807) is 0 Å². The molecule has 0 heterocycles. The summed E-state index contributed by atoms with van der Waals surface area (Å²) in [6.07, 6.45) is -3.88. The van der Waals surface area contributed by atoms with Gasteiger partial charge in [-0.05, 0) is 49.4 Å². The molecule has 1 N–H and O–H groups in total. The fraction of sp³-hybridized carbons (Fsp3) is 0.235. The zero-order valence-electron chi connectivity index (χ0n) is 14.6. The van der Waals surface area contributed by atoms with Gasteiger partial charge in [0.05, 0.1) is 23.2 Å². The topological polar surface area (TPSA) is 66.5 Å². The molecular formula is C17H15Cl2F3N2O3S. The van der Waals surface area contributed by atoms with E-state index < -0.39 is 39.4 Å². The lowest BCUT2D eigenvalue weighted by Gasteiger charge is -2.28. The summed E-state index contributed by atoms with van der Waals surface area (Å²) in [5.41, 5.74) is -1.53. The molecule has 0 unspecified atom stereocenters. The molecule has 0 aliphatic carbocycles. The number of nitrogens with zero attached hydrogens (tertiary/aromatic N) is 1. The molecule has 0 aliphatic rings. The Balaban J connectivity index is 2.38. The van der Waals surface area contributed by atoms with Gasteiger partial charge in [-0.25, -0.2) is 8.42 Å². The lowest BCUT2D eigenvalue weighted by Crippen LogP contribution is -2.45. The Morgan fingerprint density at radius 3 is 2.11 bits per heavy atom. The Morgan fingerprint density at radius 1 is 1.07 bits per heavy atom. The van der Waals surface area contributed by atoms with Gasteiger partial charge in [-0.2, -0.15) is 13.2 Å². The first kappa shape index (κ1) is 22.3. The summed E-state index contributed by atoms with van der Waals surface area (Å²) >= 11 is 11.4. The number of hydrogen-bond donors (Lipinski definition) is 1. The molecule has 28 heavy (non-hydrogen) atoms. The van der Waals surface area contributed by atoms with Crippen LogP contribution in [0.1, 0.15) is 12.5 Å². The van der Waals surface area contributed by atoms with E-state index in [1.165, 1.54) is 37.3 Å². The first-order chi connectivity index (χ1) is 12.8. The lowest BCUT2D eigenvalue weighted by atomic mass is 10.1. The molecular weight excluding hydrogens is 440 g/mol. The molecule has 2 aromatic rings. The van der Waals surface area contributed by atoms with Gasteiger partial charge in [0, 0.05) is 10.0 Å². The van der Waals surface area contributed by atoms with Crippen LogP contribution in [0.2, 0.25) is 10.0 Å². The first-order valence-corrected chi connectivity index (χ1v) is 10.3. The van der Waals surface area contributed by atoms with Crippen molar-refractivity contribution in [1.82, 2.24) is 0 Å². The Kier molecular flexibility index (Phi) is 6.52. The first-order valence-electron chi connectivity index (χ1n) is 7.73. The van der Waals surface area contributed by atoms with Gasteiger partial charge in [0.2, 0.25) is 15.9 Å². The number of carbonyl (C=O) groups excluding carboxylic acids is 1. The van der Waals surface area contributed by atoms with Crippen LogP contribution >= 0.6 is 23.2 Å². The van der Waals surface area contributed by atoms with E-state index in [0.29, 0.717) is 11.1 Å². The number of halogens is 5. The second-order valence-electron chi connectivity index (χ2n) is 5.89. The van der Waals surface area contributed by atoms with Crippen molar-refractivity contribution in [3.8, 4) is 0 Å². The lowest BCUT2D eigenvalue weighted by molar-refractivity contribution is -0.137. The molecule has 1 amide bonds. The molecule has 2 rings (SSSR count). The van der Waals surface area contributed by atoms with Crippen molar-refractivity contribution < 1.29 is 26.4 Å². The minimum Gasteiger partial charge on any atom is -0.324 e. The SMILES string of the molecule is C[C@H](C(=O)Nc1ccc(Cl)cc1C(F)(F)F)N(c1ccc(Cl)cc1)S(C)(=O)=O. The molecule has 1 atom stereocenters. The van der Waals surface area contributed by atoms with Crippen molar-refractivity contribution in [1.29, 1.82) is 0 Å². The predicted molar refractivity (Wildman–Crippen MR) is 103 cm³/mol. The standard InChI is InChI=1S/C17H15Cl2F3N2O3S/c1-10(24(28(2,26)27)13-6-3-11(18)4-7-13)16(25)23-15-8-5-12(19)9-14(15)17(20,21)22/h3-10H,1-2H3,(H,23,25)/t10-/m1/s1. The molecule has 0 aromatic heterocycles. The highest BCUT2D eigenvalue weighted by Crippen LogP contribution is 2.36. The highest BCUT2D eigenvalue weighted by molar-refractivity contribution is 7.92. The van der Waals surface area contributed by atoms with Crippen LogP contribution in [0.5, 0.6) is 0 Å². The van der Waals surface area contributed by atoms with E-state index in [1.807, 2.05) is 0 Å². The van der Waals surface area contributed by atoms with E-state index in [9.17, 15) is 26.4 Å². The molecule has 0 saturated carbocycles. The molecule has 0 fully saturated rings. The molecule has 0 bridgehead atoms. The summed E-state index contributed by atoms with van der Waals surface area (Å²) in [5.74, 6) is -0.951. The minimum atomic E-state index is -4.76. The van der Waals surface area contributed by atoms with Crippen molar-refractivity contribution in [2.45, 2.75) is 19.1 Å². The number of carbonyl (C=O) groups is 1. The summed E-state index contributed by atoms with van der Waals surface area (Å²) in [6, 6.07) is 7.16. The monoisotopic (exact) mass is 454 g/mol. The van der Waals surface area contributed by atoms with Crippen LogP contribution in [-0.4, -0.2) is 26.6 Å². The summed E-state index contributed by atoms with van der Waals surface area (Å²) < 4.78 is 64.8. The number of anilines is 2. The van der Waals surface area contributed by atoms with Gasteiger partial charge in [0.15, 0.2) is 0 Å². The van der Waals surface area contributed by atoms with E-state index >= 15 is 0 Å². The van der Waals surface area contributed by atoms with Gasteiger partial charge >= 0.3 is 6.18 Å². The quantitative estimate of drug-likeness (QED) is 0.704. The van der Waals surface area contributed by atoms with Crippen LogP contribution < -0.4 is 9.62 Å². The third-order valence-electron chi connectivity index (χ3n) is 3.71. The van der Waals surface area contributed by atoms with E-state index in [0.717, 1.165) is 16.6 Å². The average Bonchev–Trinajstić information content (AvgIpc) is 2.56. The smallest absolute Gasteiger partial charge is 0.324 e. The number of amides is 1. The maximum atomic E-state index is 13.2. The number of sulfonamides is 1. The Labute approximate surface area is 170 Å². The molecule has 2 aromatic carbocycles. The fourth-order valence-electron chi connectivity index (χ4n) is 2.49. The Hall–Kier alpha value is -1.97. The van der Waals surface area contributed by atoms with E-state index in [2.05, 4.69) is 5.32 Å². The minimum absolute atomic E-state index is 0.140. The second-order valence-corrected chi connectivity index (χ2v) is 8.62. The molecule has 0 spiro atoms. The van der Waals surface area contributed by atoms with Gasteiger partial charge < -0.3 is 5.32 Å². The number of rotatable bonds is 5. The number of hydrogen-bond acceptors (Lipinski definition) is 3. The summed E-state index contributed by atoms with van der Waals surface area (Å²) in [7, 11) is -3.93. The van der Waals surface area contributed by atoms with Crippen LogP contribution in [0, 0.1) is 0 Å². The number of alkyl halides is 3. The third kappa shape index (κ3) is 5.30.